The van der Waals surface area contributed by atoms with Crippen LogP contribution in [0.5, 0.6) is 0 Å². The number of alkyl halides is 3. The van der Waals surface area contributed by atoms with Crippen molar-refractivity contribution in [1.29, 1.82) is 0 Å². The lowest BCUT2D eigenvalue weighted by atomic mass is 10.0. The number of carbonyl (C=O) groups is 1. The number of pyridine rings is 2. The zero-order valence-corrected chi connectivity index (χ0v) is 17.8. The van der Waals surface area contributed by atoms with Gasteiger partial charge in [-0.15, -0.1) is 0 Å². The molecule has 2 bridgehead atoms. The summed E-state index contributed by atoms with van der Waals surface area (Å²) in [5.74, 6) is 0.454. The number of amides is 1. The Morgan fingerprint density at radius 1 is 1.03 bits per heavy atom. The van der Waals surface area contributed by atoms with Crippen molar-refractivity contribution in [2.24, 2.45) is 5.92 Å². The smallest absolute Gasteiger partial charge is 0.364 e. The van der Waals surface area contributed by atoms with Crippen LogP contribution in [0.4, 0.5) is 19.0 Å². The molecule has 1 aliphatic carbocycles. The van der Waals surface area contributed by atoms with Crippen LogP contribution in [0.25, 0.3) is 11.4 Å². The van der Waals surface area contributed by atoms with Crippen LogP contribution in [0, 0.1) is 12.8 Å². The highest BCUT2D eigenvalue weighted by Gasteiger charge is 2.47. The number of rotatable bonds is 4. The third-order valence-corrected chi connectivity index (χ3v) is 6.29. The summed E-state index contributed by atoms with van der Waals surface area (Å²) in [6.45, 7) is 2.56. The number of fused-ring (bicyclic) bond motifs is 2. The van der Waals surface area contributed by atoms with Gasteiger partial charge < -0.3 is 10.2 Å². The highest BCUT2D eigenvalue weighted by Crippen LogP contribution is 2.40. The van der Waals surface area contributed by atoms with E-state index in [0.29, 0.717) is 29.4 Å². The summed E-state index contributed by atoms with van der Waals surface area (Å²) in [5, 5.41) is 3.18. The summed E-state index contributed by atoms with van der Waals surface area (Å²) in [6, 6.07) is 7.04. The summed E-state index contributed by atoms with van der Waals surface area (Å²) in [7, 11) is 0. The fraction of sp³-hybridized carbons (Fsp3) is 0.348. The molecule has 0 unspecified atom stereocenters. The number of nitrogens with zero attached hydrogens (tertiary/aromatic N) is 5. The molecule has 1 saturated heterocycles. The topological polar surface area (TPSA) is 83.9 Å². The normalized spacial score (nSPS) is 21.9. The molecule has 0 spiro atoms. The molecule has 1 amide bonds. The van der Waals surface area contributed by atoms with Gasteiger partial charge in [-0.3, -0.25) is 14.8 Å². The molecule has 0 radical (unpaired) electrons. The van der Waals surface area contributed by atoms with Crippen molar-refractivity contribution in [3.8, 4) is 11.4 Å². The van der Waals surface area contributed by atoms with Crippen LogP contribution in [0.2, 0.25) is 0 Å². The van der Waals surface area contributed by atoms with E-state index >= 15 is 0 Å². The molecule has 0 aromatic carbocycles. The van der Waals surface area contributed by atoms with E-state index in [9.17, 15) is 18.0 Å². The number of hydrogen-bond donors (Lipinski definition) is 1. The van der Waals surface area contributed by atoms with Crippen LogP contribution >= 0.6 is 0 Å². The Morgan fingerprint density at radius 3 is 2.45 bits per heavy atom. The van der Waals surface area contributed by atoms with Crippen LogP contribution in [-0.4, -0.2) is 49.4 Å². The number of hydrogen-bond acceptors (Lipinski definition) is 6. The number of likely N-dealkylation sites (tertiary alicyclic amines) is 1. The Hall–Kier alpha value is -3.56. The van der Waals surface area contributed by atoms with E-state index in [4.69, 9.17) is 0 Å². The van der Waals surface area contributed by atoms with Gasteiger partial charge in [-0.1, -0.05) is 6.07 Å². The Morgan fingerprint density at radius 2 is 1.79 bits per heavy atom. The molecule has 5 rings (SSSR count). The van der Waals surface area contributed by atoms with E-state index in [1.54, 1.807) is 24.5 Å². The van der Waals surface area contributed by atoms with E-state index in [0.717, 1.165) is 30.8 Å². The highest BCUT2D eigenvalue weighted by molar-refractivity contribution is 6.00. The van der Waals surface area contributed by atoms with E-state index < -0.39 is 11.9 Å². The molecule has 33 heavy (non-hydrogen) atoms. The Balaban J connectivity index is 1.37. The second-order valence-electron chi connectivity index (χ2n) is 8.47. The predicted octanol–water partition coefficient (Wildman–Crippen LogP) is 3.98. The lowest BCUT2D eigenvalue weighted by molar-refractivity contribution is -0.141. The average Bonchev–Trinajstić information content (AvgIpc) is 3.39. The van der Waals surface area contributed by atoms with Crippen molar-refractivity contribution in [3.05, 3.63) is 65.9 Å². The van der Waals surface area contributed by atoms with Gasteiger partial charge in [0.05, 0.1) is 29.7 Å². The van der Waals surface area contributed by atoms with Crippen LogP contribution < -0.4 is 5.32 Å². The third kappa shape index (κ3) is 4.01. The van der Waals surface area contributed by atoms with Gasteiger partial charge in [-0.25, -0.2) is 9.97 Å². The van der Waals surface area contributed by atoms with Gasteiger partial charge in [0.15, 0.2) is 5.69 Å². The maximum Gasteiger partial charge on any atom is 0.434 e. The fourth-order valence-electron chi connectivity index (χ4n) is 4.81. The maximum absolute atomic E-state index is 13.6. The number of nitrogens with one attached hydrogen (secondary N) is 1. The van der Waals surface area contributed by atoms with Gasteiger partial charge in [0.25, 0.3) is 5.91 Å². The number of carbonyl (C=O) groups excluding carboxylic acids is 1. The quantitative estimate of drug-likeness (QED) is 0.642. The molecule has 7 nitrogen and oxygen atoms in total. The number of halogens is 3. The van der Waals surface area contributed by atoms with Crippen LogP contribution in [0.1, 0.15) is 34.5 Å². The van der Waals surface area contributed by atoms with Gasteiger partial charge in [-0.05, 0) is 49.4 Å². The summed E-state index contributed by atoms with van der Waals surface area (Å²) >= 11 is 0. The Bertz CT molecular complexity index is 1180. The van der Waals surface area contributed by atoms with Gasteiger partial charge in [-0.2, -0.15) is 13.2 Å². The summed E-state index contributed by atoms with van der Waals surface area (Å²) in [6.07, 6.45) is 2.23. The second-order valence-corrected chi connectivity index (χ2v) is 8.47. The molecule has 1 saturated carbocycles. The van der Waals surface area contributed by atoms with Crippen LogP contribution in [-0.2, 0) is 6.18 Å². The van der Waals surface area contributed by atoms with Gasteiger partial charge in [0, 0.05) is 25.0 Å². The zero-order valence-electron chi connectivity index (χ0n) is 17.8. The van der Waals surface area contributed by atoms with Gasteiger partial charge >= 0.3 is 6.18 Å². The molecular formula is C23H21F3N6O. The van der Waals surface area contributed by atoms with Crippen LogP contribution in [0.3, 0.4) is 0 Å². The molecular weight excluding hydrogens is 433 g/mol. The Kier molecular flexibility index (Phi) is 5.22. The first-order valence-corrected chi connectivity index (χ1v) is 10.6. The van der Waals surface area contributed by atoms with E-state index in [2.05, 4.69) is 25.3 Å². The first kappa shape index (κ1) is 21.3. The first-order chi connectivity index (χ1) is 15.8. The molecule has 4 heterocycles. The largest absolute Gasteiger partial charge is 0.434 e. The monoisotopic (exact) mass is 454 g/mol. The van der Waals surface area contributed by atoms with Crippen molar-refractivity contribution >= 4 is 11.7 Å². The van der Waals surface area contributed by atoms with E-state index in [1.165, 1.54) is 0 Å². The van der Waals surface area contributed by atoms with Crippen molar-refractivity contribution in [3.63, 3.8) is 0 Å². The number of anilines is 1. The second kappa shape index (κ2) is 8.09. The van der Waals surface area contributed by atoms with Gasteiger partial charge in [0.2, 0.25) is 0 Å². The van der Waals surface area contributed by atoms with Crippen molar-refractivity contribution in [2.45, 2.75) is 38.0 Å². The average molecular weight is 454 g/mol. The summed E-state index contributed by atoms with van der Waals surface area (Å²) in [4.78, 5) is 31.6. The molecule has 3 aromatic rings. The molecule has 2 fully saturated rings. The number of piperidine rings is 1. The number of aromatic nitrogens is 4. The van der Waals surface area contributed by atoms with Crippen LogP contribution in [0.15, 0.2) is 49.1 Å². The first-order valence-electron chi connectivity index (χ1n) is 10.6. The molecule has 1 N–H and O–H groups in total. The van der Waals surface area contributed by atoms with Crippen molar-refractivity contribution in [2.75, 3.05) is 11.9 Å². The fourth-order valence-corrected chi connectivity index (χ4v) is 4.81. The lowest BCUT2D eigenvalue weighted by Gasteiger charge is -2.34. The van der Waals surface area contributed by atoms with Crippen molar-refractivity contribution in [1.82, 2.24) is 24.8 Å². The standard InChI is InChI=1S/C23H21F3N6O/c1-13-4-2-6-27-20(13)21-15(5-3-7-28-21)22(33)32-12-14-8-16(17(32)9-14)31-19-11-29-18(10-30-19)23(24,25)26/h2-7,10-11,14,16-17H,8-9,12H2,1H3,(H,30,31)/t14-,16-,17+/m1/s1. The number of aryl methyl sites for hydroxylation is 1. The van der Waals surface area contributed by atoms with E-state index in [-0.39, 0.29) is 23.8 Å². The molecule has 10 heteroatoms. The Labute approximate surface area is 188 Å². The minimum Gasteiger partial charge on any atom is -0.364 e. The molecule has 170 valence electrons. The zero-order chi connectivity index (χ0) is 23.2. The molecule has 3 atom stereocenters. The molecule has 2 aliphatic rings. The SMILES string of the molecule is Cc1cccnc1-c1ncccc1C(=O)N1C[C@@H]2C[C@@H](Nc3cnc(C(F)(F)F)cn3)[C@@H]1C2. The molecule has 1 aliphatic heterocycles. The summed E-state index contributed by atoms with van der Waals surface area (Å²) < 4.78 is 38.3. The van der Waals surface area contributed by atoms with E-state index in [1.807, 2.05) is 24.0 Å². The lowest BCUT2D eigenvalue weighted by Crippen LogP contribution is -2.48. The third-order valence-electron chi connectivity index (χ3n) is 6.29. The highest BCUT2D eigenvalue weighted by atomic mass is 19.4. The predicted molar refractivity (Wildman–Crippen MR) is 114 cm³/mol. The maximum atomic E-state index is 13.6. The summed E-state index contributed by atoms with van der Waals surface area (Å²) in [5.41, 5.74) is 1.59. The minimum absolute atomic E-state index is 0.0931. The van der Waals surface area contributed by atoms with Gasteiger partial charge in [0.1, 0.15) is 11.5 Å². The van der Waals surface area contributed by atoms with Crippen molar-refractivity contribution < 1.29 is 18.0 Å². The minimum atomic E-state index is -4.53. The molecule has 3 aromatic heterocycles.